The summed E-state index contributed by atoms with van der Waals surface area (Å²) in [5, 5.41) is 5.86. The van der Waals surface area contributed by atoms with Crippen LogP contribution in [0.25, 0.3) is 0 Å². The third-order valence-corrected chi connectivity index (χ3v) is 2.72. The summed E-state index contributed by atoms with van der Waals surface area (Å²) in [6.07, 6.45) is 0.512. The third kappa shape index (κ3) is 2.83. The Morgan fingerprint density at radius 2 is 2.24 bits per heavy atom. The van der Waals surface area contributed by atoms with E-state index in [1.54, 1.807) is 0 Å². The van der Waals surface area contributed by atoms with Crippen molar-refractivity contribution in [3.8, 4) is 0 Å². The number of hydrogen-bond acceptors (Lipinski definition) is 5. The molecular weight excluding hydrogens is 218 g/mol. The van der Waals surface area contributed by atoms with E-state index in [4.69, 9.17) is 0 Å². The minimum Gasteiger partial charge on any atom is -0.373 e. The van der Waals surface area contributed by atoms with Crippen LogP contribution in [0.5, 0.6) is 0 Å². The van der Waals surface area contributed by atoms with Crippen molar-refractivity contribution >= 4 is 17.5 Å². The van der Waals surface area contributed by atoms with Gasteiger partial charge in [0, 0.05) is 39.2 Å². The fourth-order valence-corrected chi connectivity index (χ4v) is 1.84. The average Bonchev–Trinajstić information content (AvgIpc) is 2.53. The first-order valence-corrected chi connectivity index (χ1v) is 5.74. The minimum absolute atomic E-state index is 0.104. The second-order valence-electron chi connectivity index (χ2n) is 4.00. The number of hydrogen-bond donors (Lipinski definition) is 2. The van der Waals surface area contributed by atoms with Crippen LogP contribution in [0.15, 0.2) is 6.07 Å². The van der Waals surface area contributed by atoms with Gasteiger partial charge >= 0.3 is 0 Å². The number of carbonyl (C=O) groups is 1. The van der Waals surface area contributed by atoms with Crippen LogP contribution in [0.4, 0.5) is 11.6 Å². The Kier molecular flexibility index (Phi) is 3.41. The Hall–Kier alpha value is -1.85. The summed E-state index contributed by atoms with van der Waals surface area (Å²) >= 11 is 0. The van der Waals surface area contributed by atoms with Gasteiger partial charge in [0.2, 0.25) is 5.91 Å². The lowest BCUT2D eigenvalue weighted by Gasteiger charge is -2.21. The summed E-state index contributed by atoms with van der Waals surface area (Å²) in [5.41, 5.74) is 0. The number of aryl methyl sites for hydroxylation is 1. The lowest BCUT2D eigenvalue weighted by molar-refractivity contribution is -0.120. The number of rotatable bonds is 2. The Balaban J connectivity index is 2.20. The van der Waals surface area contributed by atoms with Crippen molar-refractivity contribution in [2.75, 3.05) is 36.9 Å². The van der Waals surface area contributed by atoms with Gasteiger partial charge in [-0.1, -0.05) is 0 Å². The highest BCUT2D eigenvalue weighted by atomic mass is 16.1. The van der Waals surface area contributed by atoms with E-state index in [2.05, 4.69) is 25.5 Å². The first-order chi connectivity index (χ1) is 8.19. The van der Waals surface area contributed by atoms with E-state index in [0.29, 0.717) is 19.5 Å². The Bertz CT molecular complexity index is 420. The van der Waals surface area contributed by atoms with Crippen LogP contribution in [-0.4, -0.2) is 42.6 Å². The van der Waals surface area contributed by atoms with Crippen molar-refractivity contribution in [3.63, 3.8) is 0 Å². The predicted octanol–water partition coefficient (Wildman–Crippen LogP) is 0.153. The standard InChI is InChI=1S/C11H17N5O/c1-8-14-9(12-2)7-10(15-8)16-5-3-11(17)13-4-6-16/h7H,3-6H2,1-2H3,(H,13,17)(H,12,14,15). The van der Waals surface area contributed by atoms with Gasteiger partial charge in [-0.25, -0.2) is 9.97 Å². The highest BCUT2D eigenvalue weighted by molar-refractivity contribution is 5.77. The van der Waals surface area contributed by atoms with Gasteiger partial charge in [0.15, 0.2) is 0 Å². The molecule has 2 rings (SSSR count). The van der Waals surface area contributed by atoms with Gasteiger partial charge in [-0.15, -0.1) is 0 Å². The van der Waals surface area contributed by atoms with Gasteiger partial charge in [-0.2, -0.15) is 0 Å². The fourth-order valence-electron chi connectivity index (χ4n) is 1.84. The van der Waals surface area contributed by atoms with Crippen LogP contribution in [-0.2, 0) is 4.79 Å². The van der Waals surface area contributed by atoms with E-state index in [1.165, 1.54) is 0 Å². The molecule has 6 nitrogen and oxygen atoms in total. The summed E-state index contributed by atoms with van der Waals surface area (Å²) in [6, 6.07) is 1.91. The number of amides is 1. The number of anilines is 2. The van der Waals surface area contributed by atoms with Crippen molar-refractivity contribution in [2.45, 2.75) is 13.3 Å². The number of aromatic nitrogens is 2. The van der Waals surface area contributed by atoms with Gasteiger partial charge in [0.25, 0.3) is 0 Å². The van der Waals surface area contributed by atoms with Crippen molar-refractivity contribution in [1.82, 2.24) is 15.3 Å². The van der Waals surface area contributed by atoms with Gasteiger partial charge in [-0.3, -0.25) is 4.79 Å². The molecule has 2 N–H and O–H groups in total. The first kappa shape index (κ1) is 11.6. The highest BCUT2D eigenvalue weighted by Crippen LogP contribution is 2.16. The van der Waals surface area contributed by atoms with E-state index in [1.807, 2.05) is 20.0 Å². The van der Waals surface area contributed by atoms with Crippen LogP contribution in [0.2, 0.25) is 0 Å². The van der Waals surface area contributed by atoms with Gasteiger partial charge in [0.1, 0.15) is 17.5 Å². The summed E-state index contributed by atoms with van der Waals surface area (Å²) in [6.45, 7) is 4.01. The molecule has 0 bridgehead atoms. The van der Waals surface area contributed by atoms with E-state index in [-0.39, 0.29) is 5.91 Å². The molecule has 0 radical (unpaired) electrons. The smallest absolute Gasteiger partial charge is 0.221 e. The molecule has 92 valence electrons. The highest BCUT2D eigenvalue weighted by Gasteiger charge is 2.15. The molecule has 0 aromatic carbocycles. The number of nitrogens with one attached hydrogen (secondary N) is 2. The first-order valence-electron chi connectivity index (χ1n) is 5.74. The van der Waals surface area contributed by atoms with Crippen LogP contribution in [0, 0.1) is 6.92 Å². The van der Waals surface area contributed by atoms with Crippen molar-refractivity contribution in [1.29, 1.82) is 0 Å². The molecule has 1 saturated heterocycles. The molecule has 0 spiro atoms. The monoisotopic (exact) mass is 235 g/mol. The molecule has 1 aromatic rings. The Labute approximate surface area is 100 Å². The van der Waals surface area contributed by atoms with Gasteiger partial charge in [0.05, 0.1) is 0 Å². The second-order valence-corrected chi connectivity index (χ2v) is 4.00. The maximum absolute atomic E-state index is 11.3. The quantitative estimate of drug-likeness (QED) is 0.763. The average molecular weight is 235 g/mol. The number of carbonyl (C=O) groups excluding carboxylic acids is 1. The molecule has 0 unspecified atom stereocenters. The van der Waals surface area contributed by atoms with E-state index >= 15 is 0 Å². The normalized spacial score (nSPS) is 16.4. The summed E-state index contributed by atoms with van der Waals surface area (Å²) < 4.78 is 0. The Morgan fingerprint density at radius 1 is 1.41 bits per heavy atom. The van der Waals surface area contributed by atoms with Crippen LogP contribution in [0.3, 0.4) is 0 Å². The molecule has 1 amide bonds. The zero-order valence-corrected chi connectivity index (χ0v) is 10.2. The maximum Gasteiger partial charge on any atom is 0.221 e. The molecule has 6 heteroatoms. The molecule has 0 saturated carbocycles. The molecule has 1 aliphatic heterocycles. The largest absolute Gasteiger partial charge is 0.373 e. The van der Waals surface area contributed by atoms with Crippen molar-refractivity contribution in [3.05, 3.63) is 11.9 Å². The van der Waals surface area contributed by atoms with Gasteiger partial charge < -0.3 is 15.5 Å². The lowest BCUT2D eigenvalue weighted by atomic mass is 10.3. The van der Waals surface area contributed by atoms with Crippen molar-refractivity contribution in [2.24, 2.45) is 0 Å². The zero-order valence-electron chi connectivity index (χ0n) is 10.2. The molecule has 1 fully saturated rings. The van der Waals surface area contributed by atoms with E-state index in [0.717, 1.165) is 24.0 Å². The number of nitrogens with zero attached hydrogens (tertiary/aromatic N) is 3. The fraction of sp³-hybridized carbons (Fsp3) is 0.545. The second kappa shape index (κ2) is 4.99. The molecule has 0 aliphatic carbocycles. The van der Waals surface area contributed by atoms with E-state index < -0.39 is 0 Å². The summed E-state index contributed by atoms with van der Waals surface area (Å²) in [4.78, 5) is 22.0. The van der Waals surface area contributed by atoms with Crippen LogP contribution >= 0.6 is 0 Å². The lowest BCUT2D eigenvalue weighted by Crippen LogP contribution is -2.29. The minimum atomic E-state index is 0.104. The Morgan fingerprint density at radius 3 is 3.00 bits per heavy atom. The molecule has 1 aliphatic rings. The topological polar surface area (TPSA) is 70.2 Å². The summed E-state index contributed by atoms with van der Waals surface area (Å²) in [7, 11) is 1.83. The molecule has 0 atom stereocenters. The molecule has 17 heavy (non-hydrogen) atoms. The van der Waals surface area contributed by atoms with Crippen molar-refractivity contribution < 1.29 is 4.79 Å². The third-order valence-electron chi connectivity index (χ3n) is 2.72. The van der Waals surface area contributed by atoms with Gasteiger partial charge in [-0.05, 0) is 6.92 Å². The maximum atomic E-state index is 11.3. The zero-order chi connectivity index (χ0) is 12.3. The van der Waals surface area contributed by atoms with Crippen LogP contribution < -0.4 is 15.5 Å². The summed E-state index contributed by atoms with van der Waals surface area (Å²) in [5.74, 6) is 2.51. The SMILES string of the molecule is CNc1cc(N2CCNC(=O)CC2)nc(C)n1. The van der Waals surface area contributed by atoms with Crippen LogP contribution in [0.1, 0.15) is 12.2 Å². The van der Waals surface area contributed by atoms with E-state index in [9.17, 15) is 4.79 Å². The molecule has 1 aromatic heterocycles. The predicted molar refractivity (Wildman–Crippen MR) is 66.2 cm³/mol. The molecule has 2 heterocycles. The molecular formula is C11H17N5O.